The molecule has 0 spiro atoms. The van der Waals surface area contributed by atoms with Gasteiger partial charge in [-0.05, 0) is 34.1 Å². The van der Waals surface area contributed by atoms with Gasteiger partial charge in [-0.1, -0.05) is 13.3 Å². The van der Waals surface area contributed by atoms with E-state index in [1.165, 1.54) is 0 Å². The number of morpholine rings is 1. The first kappa shape index (κ1) is 15.4. The number of hydrazine groups is 1. The lowest BCUT2D eigenvalue weighted by molar-refractivity contribution is -0.189. The van der Waals surface area contributed by atoms with Crippen molar-refractivity contribution in [2.45, 2.75) is 64.7 Å². The number of hydrogen-bond donors (Lipinski definition) is 2. The molecule has 5 heteroatoms. The predicted octanol–water partition coefficient (Wildman–Crippen LogP) is 1.03. The highest BCUT2D eigenvalue weighted by molar-refractivity contribution is 5.81. The van der Waals surface area contributed by atoms with E-state index >= 15 is 0 Å². The van der Waals surface area contributed by atoms with E-state index in [2.05, 4.69) is 44.9 Å². The number of nitrogens with zero attached hydrogens (tertiary/aromatic N) is 1. The molecule has 0 aliphatic carbocycles. The number of amides is 1. The van der Waals surface area contributed by atoms with Crippen molar-refractivity contribution in [3.8, 4) is 0 Å². The summed E-state index contributed by atoms with van der Waals surface area (Å²) in [5.41, 5.74) is 1.79. The minimum atomic E-state index is -0.247. The van der Waals surface area contributed by atoms with Crippen LogP contribution in [-0.2, 0) is 9.53 Å². The van der Waals surface area contributed by atoms with Crippen LogP contribution in [0.3, 0.4) is 0 Å². The van der Waals surface area contributed by atoms with Crippen molar-refractivity contribution in [3.05, 3.63) is 0 Å². The predicted molar refractivity (Wildman–Crippen MR) is 71.8 cm³/mol. The number of rotatable bonds is 4. The first-order valence-electron chi connectivity index (χ1n) is 6.65. The van der Waals surface area contributed by atoms with Gasteiger partial charge in [-0.25, -0.2) is 5.84 Å². The van der Waals surface area contributed by atoms with Crippen molar-refractivity contribution in [1.82, 2.24) is 10.3 Å². The van der Waals surface area contributed by atoms with E-state index in [9.17, 15) is 4.79 Å². The van der Waals surface area contributed by atoms with Gasteiger partial charge in [0.25, 0.3) is 5.91 Å². The Labute approximate surface area is 110 Å². The van der Waals surface area contributed by atoms with Crippen LogP contribution in [0.15, 0.2) is 0 Å². The molecule has 0 aromatic rings. The SMILES string of the molecule is CCCC(C(=O)NN)N1CC(C)(C)OC(C)(C)C1. The highest BCUT2D eigenvalue weighted by Gasteiger charge is 2.41. The van der Waals surface area contributed by atoms with Crippen LogP contribution in [-0.4, -0.2) is 41.1 Å². The Morgan fingerprint density at radius 3 is 2.22 bits per heavy atom. The molecule has 1 heterocycles. The first-order chi connectivity index (χ1) is 8.21. The van der Waals surface area contributed by atoms with E-state index in [1.807, 2.05) is 0 Å². The summed E-state index contributed by atoms with van der Waals surface area (Å²) in [5.74, 6) is 5.18. The molecule has 3 N–H and O–H groups in total. The van der Waals surface area contributed by atoms with Crippen LogP contribution in [0.1, 0.15) is 47.5 Å². The van der Waals surface area contributed by atoms with Crippen molar-refractivity contribution >= 4 is 5.91 Å². The molecule has 1 aliphatic rings. The molecule has 0 aromatic heterocycles. The summed E-state index contributed by atoms with van der Waals surface area (Å²) in [4.78, 5) is 14.1. The van der Waals surface area contributed by atoms with Gasteiger partial charge in [0.15, 0.2) is 0 Å². The van der Waals surface area contributed by atoms with Gasteiger partial charge in [0.2, 0.25) is 0 Å². The fourth-order valence-electron chi connectivity index (χ4n) is 2.92. The molecule has 0 bridgehead atoms. The van der Waals surface area contributed by atoms with Crippen LogP contribution in [0.5, 0.6) is 0 Å². The smallest absolute Gasteiger partial charge is 0.251 e. The normalized spacial score (nSPS) is 24.6. The summed E-state index contributed by atoms with van der Waals surface area (Å²) >= 11 is 0. The molecule has 1 rings (SSSR count). The number of ether oxygens (including phenoxy) is 1. The van der Waals surface area contributed by atoms with Crippen LogP contribution in [0.4, 0.5) is 0 Å². The third-order valence-electron chi connectivity index (χ3n) is 3.17. The van der Waals surface area contributed by atoms with Crippen LogP contribution < -0.4 is 11.3 Å². The monoisotopic (exact) mass is 257 g/mol. The van der Waals surface area contributed by atoms with Crippen molar-refractivity contribution in [1.29, 1.82) is 0 Å². The molecule has 1 saturated heterocycles. The number of nitrogens with two attached hydrogens (primary N) is 1. The third-order valence-corrected chi connectivity index (χ3v) is 3.17. The van der Waals surface area contributed by atoms with Crippen molar-refractivity contribution < 1.29 is 9.53 Å². The van der Waals surface area contributed by atoms with Gasteiger partial charge in [0.05, 0.1) is 17.2 Å². The Hall–Kier alpha value is -0.650. The number of carbonyl (C=O) groups is 1. The lowest BCUT2D eigenvalue weighted by Crippen LogP contribution is -2.62. The molecule has 0 saturated carbocycles. The topological polar surface area (TPSA) is 67.6 Å². The Morgan fingerprint density at radius 1 is 1.33 bits per heavy atom. The maximum absolute atomic E-state index is 11.9. The molecule has 0 radical (unpaired) electrons. The van der Waals surface area contributed by atoms with Gasteiger partial charge in [0.1, 0.15) is 0 Å². The van der Waals surface area contributed by atoms with Crippen LogP contribution in [0.2, 0.25) is 0 Å². The standard InChI is InChI=1S/C13H27N3O2/c1-6-7-10(11(17)15-14)16-8-12(2,3)18-13(4,5)9-16/h10H,6-9,14H2,1-5H3,(H,15,17). The highest BCUT2D eigenvalue weighted by Crippen LogP contribution is 2.30. The fraction of sp³-hybridized carbons (Fsp3) is 0.923. The number of nitrogens with one attached hydrogen (secondary N) is 1. The average molecular weight is 257 g/mol. The second kappa shape index (κ2) is 5.55. The molecule has 18 heavy (non-hydrogen) atoms. The van der Waals surface area contributed by atoms with Crippen molar-refractivity contribution in [2.75, 3.05) is 13.1 Å². The molecule has 1 aliphatic heterocycles. The molecular formula is C13H27N3O2. The van der Waals surface area contributed by atoms with Gasteiger partial charge < -0.3 is 4.74 Å². The third kappa shape index (κ3) is 3.93. The van der Waals surface area contributed by atoms with E-state index in [0.29, 0.717) is 0 Å². The lowest BCUT2D eigenvalue weighted by atomic mass is 9.96. The van der Waals surface area contributed by atoms with Gasteiger partial charge in [-0.3, -0.25) is 15.1 Å². The molecule has 106 valence electrons. The van der Waals surface area contributed by atoms with E-state index in [0.717, 1.165) is 25.9 Å². The van der Waals surface area contributed by atoms with Crippen LogP contribution >= 0.6 is 0 Å². The summed E-state index contributed by atoms with van der Waals surface area (Å²) in [7, 11) is 0. The molecule has 1 fully saturated rings. The summed E-state index contributed by atoms with van der Waals surface area (Å²) in [6.45, 7) is 11.8. The second-order valence-electron chi connectivity index (χ2n) is 6.34. The molecular weight excluding hydrogens is 230 g/mol. The zero-order valence-corrected chi connectivity index (χ0v) is 12.2. The number of hydrogen-bond acceptors (Lipinski definition) is 4. The van der Waals surface area contributed by atoms with Gasteiger partial charge in [0, 0.05) is 13.1 Å². The number of carbonyl (C=O) groups excluding carboxylic acids is 1. The van der Waals surface area contributed by atoms with E-state index in [1.54, 1.807) is 0 Å². The Morgan fingerprint density at radius 2 is 1.83 bits per heavy atom. The maximum Gasteiger partial charge on any atom is 0.251 e. The van der Waals surface area contributed by atoms with Crippen LogP contribution in [0.25, 0.3) is 0 Å². The summed E-state index contributed by atoms with van der Waals surface area (Å²) < 4.78 is 6.03. The molecule has 1 atom stereocenters. The zero-order valence-electron chi connectivity index (χ0n) is 12.2. The molecule has 5 nitrogen and oxygen atoms in total. The largest absolute Gasteiger partial charge is 0.367 e. The quantitative estimate of drug-likeness (QED) is 0.448. The Bertz CT molecular complexity index is 287. The minimum Gasteiger partial charge on any atom is -0.367 e. The van der Waals surface area contributed by atoms with Gasteiger partial charge in [-0.2, -0.15) is 0 Å². The Balaban J connectivity index is 2.87. The molecule has 1 amide bonds. The van der Waals surface area contributed by atoms with E-state index < -0.39 is 0 Å². The van der Waals surface area contributed by atoms with Crippen LogP contribution in [0, 0.1) is 0 Å². The Kier molecular flexibility index (Phi) is 4.75. The molecule has 1 unspecified atom stereocenters. The van der Waals surface area contributed by atoms with Crippen molar-refractivity contribution in [3.63, 3.8) is 0 Å². The summed E-state index contributed by atoms with van der Waals surface area (Å²) in [6, 6.07) is -0.164. The first-order valence-corrected chi connectivity index (χ1v) is 6.65. The summed E-state index contributed by atoms with van der Waals surface area (Å²) in [5, 5.41) is 0. The van der Waals surface area contributed by atoms with E-state index in [4.69, 9.17) is 10.6 Å². The van der Waals surface area contributed by atoms with E-state index in [-0.39, 0.29) is 23.2 Å². The minimum absolute atomic E-state index is 0.106. The summed E-state index contributed by atoms with van der Waals surface area (Å²) in [6.07, 6.45) is 1.77. The lowest BCUT2D eigenvalue weighted by Gasteiger charge is -2.49. The highest BCUT2D eigenvalue weighted by atomic mass is 16.5. The zero-order chi connectivity index (χ0) is 14.0. The van der Waals surface area contributed by atoms with Crippen molar-refractivity contribution in [2.24, 2.45) is 5.84 Å². The van der Waals surface area contributed by atoms with Gasteiger partial charge >= 0.3 is 0 Å². The maximum atomic E-state index is 11.9. The average Bonchev–Trinajstić information content (AvgIpc) is 2.20. The second-order valence-corrected chi connectivity index (χ2v) is 6.34. The molecule has 0 aromatic carbocycles. The fourth-order valence-corrected chi connectivity index (χ4v) is 2.92. The van der Waals surface area contributed by atoms with Gasteiger partial charge in [-0.15, -0.1) is 0 Å².